The lowest BCUT2D eigenvalue weighted by Crippen LogP contribution is -2.32. The van der Waals surface area contributed by atoms with E-state index in [0.29, 0.717) is 5.69 Å². The normalized spacial score (nSPS) is 12.9. The maximum Gasteiger partial charge on any atom is 0.272 e. The minimum Gasteiger partial charge on any atom is -0.390 e. The van der Waals surface area contributed by atoms with Crippen molar-refractivity contribution in [3.8, 4) is 0 Å². The fourth-order valence-corrected chi connectivity index (χ4v) is 1.79. The van der Waals surface area contributed by atoms with Gasteiger partial charge in [0.1, 0.15) is 5.69 Å². The fourth-order valence-electron chi connectivity index (χ4n) is 1.79. The van der Waals surface area contributed by atoms with E-state index in [4.69, 9.17) is 5.73 Å². The number of aryl methyl sites for hydroxylation is 1. The first-order valence-corrected chi connectivity index (χ1v) is 5.48. The van der Waals surface area contributed by atoms with E-state index in [1.165, 1.54) is 4.57 Å². The van der Waals surface area contributed by atoms with Crippen LogP contribution in [0.3, 0.4) is 0 Å². The molecule has 0 aliphatic heterocycles. The van der Waals surface area contributed by atoms with Gasteiger partial charge >= 0.3 is 0 Å². The molecule has 5 nitrogen and oxygen atoms in total. The molecule has 90 valence electrons. The van der Waals surface area contributed by atoms with Crippen LogP contribution >= 0.6 is 0 Å². The molecule has 1 aromatic carbocycles. The van der Waals surface area contributed by atoms with Crippen LogP contribution in [0.5, 0.6) is 0 Å². The van der Waals surface area contributed by atoms with Gasteiger partial charge in [-0.2, -0.15) is 0 Å². The molecule has 0 aliphatic rings. The van der Waals surface area contributed by atoms with Crippen molar-refractivity contribution in [2.24, 2.45) is 5.73 Å². The first kappa shape index (κ1) is 11.8. The van der Waals surface area contributed by atoms with Gasteiger partial charge in [0.15, 0.2) is 0 Å². The number of hydrogen-bond acceptors (Lipinski definition) is 4. The molecule has 0 saturated carbocycles. The number of aromatic nitrogens is 2. The predicted molar refractivity (Wildman–Crippen MR) is 65.8 cm³/mol. The van der Waals surface area contributed by atoms with Crippen molar-refractivity contribution < 1.29 is 5.11 Å². The van der Waals surface area contributed by atoms with Crippen molar-refractivity contribution in [1.82, 2.24) is 9.55 Å². The zero-order valence-electron chi connectivity index (χ0n) is 9.63. The molecule has 1 aromatic heterocycles. The molecule has 0 fully saturated rings. The zero-order chi connectivity index (χ0) is 12.4. The zero-order valence-corrected chi connectivity index (χ0v) is 9.63. The Balaban J connectivity index is 2.66. The Labute approximate surface area is 98.5 Å². The van der Waals surface area contributed by atoms with Crippen LogP contribution in [0, 0.1) is 6.92 Å². The summed E-state index contributed by atoms with van der Waals surface area (Å²) in [5, 5.41) is 9.58. The van der Waals surface area contributed by atoms with Gasteiger partial charge in [-0.05, 0) is 19.1 Å². The van der Waals surface area contributed by atoms with Crippen LogP contribution in [0.1, 0.15) is 5.69 Å². The highest BCUT2D eigenvalue weighted by Crippen LogP contribution is 2.09. The molecule has 2 aromatic rings. The SMILES string of the molecule is Cc1nc2ccccc2n(CC(O)CN)c1=O. The van der Waals surface area contributed by atoms with Crippen LogP contribution in [-0.4, -0.2) is 27.3 Å². The van der Waals surface area contributed by atoms with E-state index in [2.05, 4.69) is 4.98 Å². The number of rotatable bonds is 3. The second-order valence-electron chi connectivity index (χ2n) is 3.99. The number of aliphatic hydroxyl groups excluding tert-OH is 1. The van der Waals surface area contributed by atoms with E-state index in [1.54, 1.807) is 6.92 Å². The standard InChI is InChI=1S/C12H15N3O2/c1-8-12(17)15(7-9(16)6-13)11-5-3-2-4-10(11)14-8/h2-5,9,16H,6-7,13H2,1H3. The van der Waals surface area contributed by atoms with Gasteiger partial charge in [-0.3, -0.25) is 4.79 Å². The van der Waals surface area contributed by atoms with Gasteiger partial charge in [0, 0.05) is 6.54 Å². The van der Waals surface area contributed by atoms with Gasteiger partial charge in [-0.1, -0.05) is 12.1 Å². The van der Waals surface area contributed by atoms with Gasteiger partial charge in [-0.25, -0.2) is 4.98 Å². The largest absolute Gasteiger partial charge is 0.390 e. The molecule has 1 atom stereocenters. The number of para-hydroxylation sites is 2. The van der Waals surface area contributed by atoms with E-state index in [-0.39, 0.29) is 18.6 Å². The molecule has 1 heterocycles. The highest BCUT2D eigenvalue weighted by molar-refractivity contribution is 5.74. The van der Waals surface area contributed by atoms with Crippen molar-refractivity contribution >= 4 is 11.0 Å². The van der Waals surface area contributed by atoms with Crippen molar-refractivity contribution in [3.63, 3.8) is 0 Å². The van der Waals surface area contributed by atoms with Crippen LogP contribution in [-0.2, 0) is 6.54 Å². The van der Waals surface area contributed by atoms with Crippen molar-refractivity contribution in [2.75, 3.05) is 6.54 Å². The lowest BCUT2D eigenvalue weighted by atomic mass is 10.2. The number of nitrogens with zero attached hydrogens (tertiary/aromatic N) is 2. The van der Waals surface area contributed by atoms with E-state index in [9.17, 15) is 9.90 Å². The Hall–Kier alpha value is -1.72. The van der Waals surface area contributed by atoms with E-state index in [0.717, 1.165) is 11.0 Å². The summed E-state index contributed by atoms with van der Waals surface area (Å²) >= 11 is 0. The topological polar surface area (TPSA) is 81.1 Å². The Morgan fingerprint density at radius 3 is 2.88 bits per heavy atom. The van der Waals surface area contributed by atoms with Crippen LogP contribution < -0.4 is 11.3 Å². The lowest BCUT2D eigenvalue weighted by molar-refractivity contribution is 0.162. The van der Waals surface area contributed by atoms with Gasteiger partial charge in [-0.15, -0.1) is 0 Å². The monoisotopic (exact) mass is 233 g/mol. The highest BCUT2D eigenvalue weighted by atomic mass is 16.3. The molecule has 2 rings (SSSR count). The molecule has 0 aliphatic carbocycles. The number of nitrogens with two attached hydrogens (primary N) is 1. The maximum atomic E-state index is 12.0. The Morgan fingerprint density at radius 1 is 1.47 bits per heavy atom. The molecule has 0 radical (unpaired) electrons. The molecule has 0 bridgehead atoms. The summed E-state index contributed by atoms with van der Waals surface area (Å²) in [4.78, 5) is 16.2. The van der Waals surface area contributed by atoms with Crippen LogP contribution in [0.15, 0.2) is 29.1 Å². The maximum absolute atomic E-state index is 12.0. The van der Waals surface area contributed by atoms with Crippen molar-refractivity contribution in [2.45, 2.75) is 19.6 Å². The third-order valence-corrected chi connectivity index (χ3v) is 2.68. The van der Waals surface area contributed by atoms with E-state index in [1.807, 2.05) is 24.3 Å². The summed E-state index contributed by atoms with van der Waals surface area (Å²) in [6, 6.07) is 7.35. The highest BCUT2D eigenvalue weighted by Gasteiger charge is 2.10. The van der Waals surface area contributed by atoms with E-state index < -0.39 is 6.10 Å². The Bertz CT molecular complexity index is 592. The van der Waals surface area contributed by atoms with Crippen LogP contribution in [0.2, 0.25) is 0 Å². The molecule has 1 unspecified atom stereocenters. The molecule has 0 spiro atoms. The smallest absolute Gasteiger partial charge is 0.272 e. The van der Waals surface area contributed by atoms with Crippen LogP contribution in [0.25, 0.3) is 11.0 Å². The molecular formula is C12H15N3O2. The number of fused-ring (bicyclic) bond motifs is 1. The summed E-state index contributed by atoms with van der Waals surface area (Å²) < 4.78 is 1.52. The molecule has 3 N–H and O–H groups in total. The quantitative estimate of drug-likeness (QED) is 0.783. The number of benzene rings is 1. The lowest BCUT2D eigenvalue weighted by Gasteiger charge is -2.13. The summed E-state index contributed by atoms with van der Waals surface area (Å²) in [7, 11) is 0. The summed E-state index contributed by atoms with van der Waals surface area (Å²) in [5.41, 5.74) is 7.07. The van der Waals surface area contributed by atoms with Gasteiger partial charge in [0.25, 0.3) is 5.56 Å². The molecule has 0 saturated heterocycles. The number of hydrogen-bond donors (Lipinski definition) is 2. The minimum atomic E-state index is -0.724. The minimum absolute atomic E-state index is 0.127. The van der Waals surface area contributed by atoms with Gasteiger partial charge < -0.3 is 15.4 Å². The first-order chi connectivity index (χ1) is 8.13. The van der Waals surface area contributed by atoms with E-state index >= 15 is 0 Å². The molecular weight excluding hydrogens is 218 g/mol. The third-order valence-electron chi connectivity index (χ3n) is 2.68. The summed E-state index contributed by atoms with van der Waals surface area (Å²) in [5.74, 6) is 0. The van der Waals surface area contributed by atoms with Gasteiger partial charge in [0.05, 0.1) is 23.7 Å². The second kappa shape index (κ2) is 4.65. The average Bonchev–Trinajstić information content (AvgIpc) is 2.34. The molecule has 0 amide bonds. The van der Waals surface area contributed by atoms with Crippen molar-refractivity contribution in [1.29, 1.82) is 0 Å². The molecule has 17 heavy (non-hydrogen) atoms. The van der Waals surface area contributed by atoms with Gasteiger partial charge in [0.2, 0.25) is 0 Å². The van der Waals surface area contributed by atoms with Crippen molar-refractivity contribution in [3.05, 3.63) is 40.3 Å². The fraction of sp³-hybridized carbons (Fsp3) is 0.333. The third kappa shape index (κ3) is 2.20. The first-order valence-electron chi connectivity index (χ1n) is 5.48. The van der Waals surface area contributed by atoms with Crippen LogP contribution in [0.4, 0.5) is 0 Å². The Morgan fingerprint density at radius 2 is 2.18 bits per heavy atom. The average molecular weight is 233 g/mol. The second-order valence-corrected chi connectivity index (χ2v) is 3.99. The Kier molecular flexibility index (Phi) is 3.21. The summed E-state index contributed by atoms with van der Waals surface area (Å²) in [6.45, 7) is 1.99. The molecule has 5 heteroatoms. The number of aliphatic hydroxyl groups is 1. The predicted octanol–water partition coefficient (Wildman–Crippen LogP) is 0.0245. The summed E-state index contributed by atoms with van der Waals surface area (Å²) in [6.07, 6.45) is -0.724.